The summed E-state index contributed by atoms with van der Waals surface area (Å²) in [5.41, 5.74) is 3.55. The van der Waals surface area contributed by atoms with Crippen molar-refractivity contribution in [2.24, 2.45) is 5.92 Å². The van der Waals surface area contributed by atoms with Crippen molar-refractivity contribution in [1.82, 2.24) is 19.9 Å². The third-order valence-corrected chi connectivity index (χ3v) is 7.24. The Morgan fingerprint density at radius 1 is 1.12 bits per heavy atom. The summed E-state index contributed by atoms with van der Waals surface area (Å²) in [6.07, 6.45) is 7.68. The molecule has 1 unspecified atom stereocenters. The van der Waals surface area contributed by atoms with E-state index in [2.05, 4.69) is 22.1 Å². The molecule has 1 N–H and O–H groups in total. The Labute approximate surface area is 207 Å². The van der Waals surface area contributed by atoms with Gasteiger partial charge in [0.15, 0.2) is 12.2 Å². The van der Waals surface area contributed by atoms with Gasteiger partial charge in [-0.1, -0.05) is 29.3 Å². The molecule has 0 spiro atoms. The topological polar surface area (TPSA) is 75.0 Å². The minimum absolute atomic E-state index is 0.00475. The highest BCUT2D eigenvalue weighted by Crippen LogP contribution is 2.35. The van der Waals surface area contributed by atoms with Crippen LogP contribution >= 0.6 is 23.2 Å². The van der Waals surface area contributed by atoms with Gasteiger partial charge in [-0.25, -0.2) is 9.97 Å². The van der Waals surface area contributed by atoms with Crippen LogP contribution in [0.15, 0.2) is 71.7 Å². The van der Waals surface area contributed by atoms with Crippen molar-refractivity contribution in [3.05, 3.63) is 94.3 Å². The summed E-state index contributed by atoms with van der Waals surface area (Å²) >= 11 is 12.1. The lowest BCUT2D eigenvalue weighted by atomic mass is 9.79. The Morgan fingerprint density at radius 3 is 2.68 bits per heavy atom. The van der Waals surface area contributed by atoms with Gasteiger partial charge in [0.1, 0.15) is 5.69 Å². The van der Waals surface area contributed by atoms with Crippen LogP contribution in [0.2, 0.25) is 10.0 Å². The molecule has 1 aliphatic heterocycles. The second-order valence-electron chi connectivity index (χ2n) is 8.57. The Morgan fingerprint density at radius 2 is 1.97 bits per heavy atom. The summed E-state index contributed by atoms with van der Waals surface area (Å²) in [5, 5.41) is 0.848. The van der Waals surface area contributed by atoms with Gasteiger partial charge in [-0.3, -0.25) is 4.79 Å². The van der Waals surface area contributed by atoms with Crippen LogP contribution in [0.4, 0.5) is 0 Å². The highest BCUT2D eigenvalue weighted by molar-refractivity contribution is 6.42. The van der Waals surface area contributed by atoms with Crippen LogP contribution in [-0.4, -0.2) is 38.8 Å². The van der Waals surface area contributed by atoms with E-state index in [1.807, 2.05) is 29.3 Å². The standard InChI is InChI=1S/C26H24Cl2N4O2/c27-21-7-6-18(13-22(21)28)26(33)32-11-8-17(9-12-32)20(23-5-2-10-30-23)14-19-3-1-4-24(31-19)25-15-29-16-34-25/h1-7,10,13,15-17,20,30H,8-9,11-12,14H2. The van der Waals surface area contributed by atoms with E-state index >= 15 is 0 Å². The zero-order valence-electron chi connectivity index (χ0n) is 18.5. The molecule has 0 radical (unpaired) electrons. The summed E-state index contributed by atoms with van der Waals surface area (Å²) in [4.78, 5) is 27.1. The number of aromatic nitrogens is 3. The van der Waals surface area contributed by atoms with Gasteiger partial charge in [-0.05, 0) is 67.6 Å². The predicted molar refractivity (Wildman–Crippen MR) is 132 cm³/mol. The highest BCUT2D eigenvalue weighted by Gasteiger charge is 2.31. The van der Waals surface area contributed by atoms with E-state index in [-0.39, 0.29) is 11.8 Å². The number of nitrogens with one attached hydrogen (secondary N) is 1. The lowest BCUT2D eigenvalue weighted by molar-refractivity contribution is 0.0676. The van der Waals surface area contributed by atoms with E-state index in [4.69, 9.17) is 32.6 Å². The van der Waals surface area contributed by atoms with Crippen LogP contribution in [0.25, 0.3) is 11.5 Å². The SMILES string of the molecule is O=C(c1ccc(Cl)c(Cl)c1)N1CCC(C(Cc2cccc(-c3cnco3)n2)c2ccc[nH]2)CC1. The lowest BCUT2D eigenvalue weighted by Crippen LogP contribution is -2.40. The van der Waals surface area contributed by atoms with Gasteiger partial charge >= 0.3 is 0 Å². The Bertz CT molecular complexity index is 1250. The molecule has 4 heterocycles. The van der Waals surface area contributed by atoms with E-state index in [9.17, 15) is 4.79 Å². The van der Waals surface area contributed by atoms with Gasteiger partial charge in [-0.2, -0.15) is 0 Å². The molecule has 3 aromatic heterocycles. The minimum Gasteiger partial charge on any atom is -0.442 e. The number of carbonyl (C=O) groups excluding carboxylic acids is 1. The van der Waals surface area contributed by atoms with Crippen LogP contribution in [-0.2, 0) is 6.42 Å². The van der Waals surface area contributed by atoms with E-state index in [1.165, 1.54) is 12.1 Å². The van der Waals surface area contributed by atoms with Crippen molar-refractivity contribution in [3.63, 3.8) is 0 Å². The van der Waals surface area contributed by atoms with E-state index < -0.39 is 0 Å². The molecule has 0 aliphatic carbocycles. The first-order valence-corrected chi connectivity index (χ1v) is 12.1. The van der Waals surface area contributed by atoms with Gasteiger partial charge in [0.05, 0.1) is 16.2 Å². The number of nitrogens with zero attached hydrogens (tertiary/aromatic N) is 3. The summed E-state index contributed by atoms with van der Waals surface area (Å²) < 4.78 is 5.42. The fraction of sp³-hybridized carbons (Fsp3) is 0.269. The number of piperidine rings is 1. The number of oxazole rings is 1. The van der Waals surface area contributed by atoms with Gasteiger partial charge in [0.25, 0.3) is 5.91 Å². The number of carbonyl (C=O) groups is 1. The van der Waals surface area contributed by atoms with E-state index in [1.54, 1.807) is 24.4 Å². The number of halogens is 2. The molecule has 34 heavy (non-hydrogen) atoms. The predicted octanol–water partition coefficient (Wildman–Crippen LogP) is 6.25. The quantitative estimate of drug-likeness (QED) is 0.343. The van der Waals surface area contributed by atoms with E-state index in [0.717, 1.165) is 30.7 Å². The second-order valence-corrected chi connectivity index (χ2v) is 9.39. The number of hydrogen-bond acceptors (Lipinski definition) is 4. The minimum atomic E-state index is -0.00475. The molecule has 0 saturated carbocycles. The number of pyridine rings is 1. The zero-order chi connectivity index (χ0) is 23.5. The Balaban J connectivity index is 1.30. The first kappa shape index (κ1) is 22.7. The molecule has 6 nitrogen and oxygen atoms in total. The molecule has 1 atom stereocenters. The van der Waals surface area contributed by atoms with Crippen LogP contribution < -0.4 is 0 Å². The molecule has 174 valence electrons. The molecule has 1 fully saturated rings. The number of benzene rings is 1. The maximum absolute atomic E-state index is 13.0. The molecule has 5 rings (SSSR count). The highest BCUT2D eigenvalue weighted by atomic mass is 35.5. The van der Waals surface area contributed by atoms with Gasteiger partial charge in [-0.15, -0.1) is 0 Å². The molecule has 4 aromatic rings. The largest absolute Gasteiger partial charge is 0.442 e. The summed E-state index contributed by atoms with van der Waals surface area (Å²) in [6, 6.07) is 15.2. The molecule has 8 heteroatoms. The van der Waals surface area contributed by atoms with Crippen molar-refractivity contribution in [3.8, 4) is 11.5 Å². The summed E-state index contributed by atoms with van der Waals surface area (Å²) in [5.74, 6) is 1.35. The smallest absolute Gasteiger partial charge is 0.253 e. The number of aromatic amines is 1. The molecule has 1 amide bonds. The maximum atomic E-state index is 13.0. The molecule has 1 aromatic carbocycles. The van der Waals surface area contributed by atoms with Crippen LogP contribution in [0, 0.1) is 5.92 Å². The van der Waals surface area contributed by atoms with Crippen LogP contribution in [0.5, 0.6) is 0 Å². The lowest BCUT2D eigenvalue weighted by Gasteiger charge is -2.36. The fourth-order valence-corrected chi connectivity index (χ4v) is 5.02. The van der Waals surface area contributed by atoms with Gasteiger partial charge < -0.3 is 14.3 Å². The number of amides is 1. The first-order valence-electron chi connectivity index (χ1n) is 11.3. The van der Waals surface area contributed by atoms with Crippen molar-refractivity contribution in [1.29, 1.82) is 0 Å². The summed E-state index contributed by atoms with van der Waals surface area (Å²) in [7, 11) is 0. The number of hydrogen-bond donors (Lipinski definition) is 1. The molecule has 1 saturated heterocycles. The van der Waals surface area contributed by atoms with Crippen molar-refractivity contribution in [2.75, 3.05) is 13.1 Å². The van der Waals surface area contributed by atoms with E-state index in [0.29, 0.717) is 40.4 Å². The van der Waals surface area contributed by atoms with Crippen molar-refractivity contribution < 1.29 is 9.21 Å². The van der Waals surface area contributed by atoms with Crippen molar-refractivity contribution in [2.45, 2.75) is 25.2 Å². The van der Waals surface area contributed by atoms with Gasteiger partial charge in [0.2, 0.25) is 0 Å². The monoisotopic (exact) mass is 494 g/mol. The summed E-state index contributed by atoms with van der Waals surface area (Å²) in [6.45, 7) is 1.40. The number of likely N-dealkylation sites (tertiary alicyclic amines) is 1. The molecular weight excluding hydrogens is 471 g/mol. The maximum Gasteiger partial charge on any atom is 0.253 e. The number of H-pyrrole nitrogens is 1. The Kier molecular flexibility index (Phi) is 6.70. The average Bonchev–Trinajstić information content (AvgIpc) is 3.59. The Hall–Kier alpha value is -3.09. The van der Waals surface area contributed by atoms with Crippen LogP contribution in [0.3, 0.4) is 0 Å². The molecule has 1 aliphatic rings. The normalized spacial score (nSPS) is 15.4. The first-order chi connectivity index (χ1) is 16.6. The average molecular weight is 495 g/mol. The third-order valence-electron chi connectivity index (χ3n) is 6.50. The molecule has 0 bridgehead atoms. The van der Waals surface area contributed by atoms with Gasteiger partial charge in [0, 0.05) is 42.2 Å². The second kappa shape index (κ2) is 10.0. The third kappa shape index (κ3) is 4.88. The van der Waals surface area contributed by atoms with Crippen molar-refractivity contribution >= 4 is 29.1 Å². The fourth-order valence-electron chi connectivity index (χ4n) is 4.72. The molecular formula is C26H24Cl2N4O2. The zero-order valence-corrected chi connectivity index (χ0v) is 20.0. The van der Waals surface area contributed by atoms with Crippen LogP contribution in [0.1, 0.15) is 40.5 Å². The number of rotatable bonds is 6.